The monoisotopic (exact) mass is 922 g/mol. The van der Waals surface area contributed by atoms with Gasteiger partial charge in [0.25, 0.3) is 0 Å². The average molecular weight is 922 g/mol. The first kappa shape index (κ1) is 61.1. The fraction of sp³-hybridized carbons (Fsp3) is 0.833. The molecule has 0 aromatic rings. The van der Waals surface area contributed by atoms with Gasteiger partial charge in [0.05, 0.1) is 25.4 Å². The summed E-state index contributed by atoms with van der Waals surface area (Å²) in [6.07, 6.45) is 42.1. The van der Waals surface area contributed by atoms with E-state index in [9.17, 15) is 40.5 Å². The smallest absolute Gasteiger partial charge is 0.249 e. The maximum atomic E-state index is 13.0. The van der Waals surface area contributed by atoms with Gasteiger partial charge in [0.1, 0.15) is 36.6 Å². The van der Waals surface area contributed by atoms with Crippen molar-refractivity contribution < 1.29 is 50.0 Å². The Morgan fingerprint density at radius 3 is 1.42 bits per heavy atom. The zero-order chi connectivity index (χ0) is 47.6. The van der Waals surface area contributed by atoms with Gasteiger partial charge in [-0.3, -0.25) is 4.79 Å². The van der Waals surface area contributed by atoms with Gasteiger partial charge in [0, 0.05) is 0 Å². The van der Waals surface area contributed by atoms with Crippen LogP contribution in [-0.2, 0) is 14.3 Å². The molecule has 380 valence electrons. The molecule has 1 amide bonds. The van der Waals surface area contributed by atoms with E-state index in [1.165, 1.54) is 116 Å². The van der Waals surface area contributed by atoms with Crippen LogP contribution in [0.4, 0.5) is 0 Å². The Bertz CT molecular complexity index is 1190. The van der Waals surface area contributed by atoms with Crippen molar-refractivity contribution in [3.05, 3.63) is 48.6 Å². The van der Waals surface area contributed by atoms with Crippen molar-refractivity contribution >= 4 is 5.91 Å². The van der Waals surface area contributed by atoms with Gasteiger partial charge in [-0.05, 0) is 83.5 Å². The van der Waals surface area contributed by atoms with Crippen LogP contribution < -0.4 is 5.32 Å². The van der Waals surface area contributed by atoms with Gasteiger partial charge in [-0.25, -0.2) is 0 Å². The molecule has 8 N–H and O–H groups in total. The number of aliphatic hydroxyl groups is 7. The standard InChI is InChI=1S/C54H99NO10/c1-3-5-7-9-11-13-14-15-16-17-18-19-20-21-22-23-24-25-26-27-28-29-30-31-32-34-35-37-39-41-46(57)49(59)45(44-64-54-52(62)51(61)50(60)48(43-56)65-54)55-53(63)47(58)42-40-38-36-33-12-10-8-6-4-2/h10,12,25-26,29-30,34-35,45-52,54,56-62H,3-9,11,13-24,27-28,31-33,36-44H2,1-2H3,(H,55,63)/b12-10-,26-25+,30-29+,35-34+. The largest absolute Gasteiger partial charge is 0.394 e. The number of rotatable bonds is 44. The zero-order valence-electron chi connectivity index (χ0n) is 41.2. The molecule has 9 unspecified atom stereocenters. The van der Waals surface area contributed by atoms with Crippen LogP contribution in [0.25, 0.3) is 0 Å². The van der Waals surface area contributed by atoms with Crippen molar-refractivity contribution in [3.63, 3.8) is 0 Å². The molecule has 1 aliphatic heterocycles. The number of carbonyl (C=O) groups excluding carboxylic acids is 1. The molecule has 11 heteroatoms. The lowest BCUT2D eigenvalue weighted by atomic mass is 9.98. The second kappa shape index (κ2) is 43.4. The lowest BCUT2D eigenvalue weighted by molar-refractivity contribution is -0.303. The molecule has 11 nitrogen and oxygen atoms in total. The molecule has 0 bridgehead atoms. The van der Waals surface area contributed by atoms with E-state index in [-0.39, 0.29) is 12.8 Å². The fourth-order valence-electron chi connectivity index (χ4n) is 8.16. The van der Waals surface area contributed by atoms with Crippen LogP contribution in [0, 0.1) is 0 Å². The van der Waals surface area contributed by atoms with Gasteiger partial charge in [0.2, 0.25) is 5.91 Å². The molecule has 1 rings (SSSR count). The number of allylic oxidation sites excluding steroid dienone is 8. The maximum absolute atomic E-state index is 13.0. The summed E-state index contributed by atoms with van der Waals surface area (Å²) < 4.78 is 11.1. The summed E-state index contributed by atoms with van der Waals surface area (Å²) in [6, 6.07) is -1.20. The molecule has 1 aliphatic rings. The summed E-state index contributed by atoms with van der Waals surface area (Å²) in [6.45, 7) is 3.35. The van der Waals surface area contributed by atoms with Gasteiger partial charge < -0.3 is 50.5 Å². The minimum Gasteiger partial charge on any atom is -0.394 e. The molecule has 1 fully saturated rings. The Morgan fingerprint density at radius 1 is 0.523 bits per heavy atom. The van der Waals surface area contributed by atoms with Gasteiger partial charge in [-0.2, -0.15) is 0 Å². The molecule has 1 heterocycles. The van der Waals surface area contributed by atoms with Crippen molar-refractivity contribution in [2.45, 2.75) is 274 Å². The fourth-order valence-corrected chi connectivity index (χ4v) is 8.16. The third kappa shape index (κ3) is 32.5. The van der Waals surface area contributed by atoms with Crippen LogP contribution >= 0.6 is 0 Å². The number of aliphatic hydroxyl groups excluding tert-OH is 7. The van der Waals surface area contributed by atoms with E-state index in [0.29, 0.717) is 19.3 Å². The minimum absolute atomic E-state index is 0.226. The molecular formula is C54H99NO10. The Morgan fingerprint density at radius 2 is 0.938 bits per heavy atom. The molecule has 65 heavy (non-hydrogen) atoms. The predicted octanol–water partition coefficient (Wildman–Crippen LogP) is 10.1. The van der Waals surface area contributed by atoms with E-state index >= 15 is 0 Å². The van der Waals surface area contributed by atoms with Crippen LogP contribution in [0.5, 0.6) is 0 Å². The summed E-state index contributed by atoms with van der Waals surface area (Å²) in [5.41, 5.74) is 0. The number of unbranched alkanes of at least 4 members (excludes halogenated alkanes) is 24. The minimum atomic E-state index is -1.68. The zero-order valence-corrected chi connectivity index (χ0v) is 41.2. The van der Waals surface area contributed by atoms with E-state index in [1.54, 1.807) is 0 Å². The second-order valence-electron chi connectivity index (χ2n) is 18.6. The van der Waals surface area contributed by atoms with Gasteiger partial charge in [-0.15, -0.1) is 0 Å². The molecule has 0 aromatic carbocycles. The Labute approximate surface area is 396 Å². The van der Waals surface area contributed by atoms with E-state index in [1.807, 2.05) is 0 Å². The molecule has 0 spiro atoms. The molecule has 9 atom stereocenters. The Balaban J connectivity index is 2.30. The number of hydrogen-bond donors (Lipinski definition) is 8. The van der Waals surface area contributed by atoms with E-state index in [0.717, 1.165) is 57.8 Å². The summed E-state index contributed by atoms with van der Waals surface area (Å²) in [5.74, 6) is -0.729. The molecule has 0 aliphatic carbocycles. The molecule has 0 saturated carbocycles. The quantitative estimate of drug-likeness (QED) is 0.0216. The maximum Gasteiger partial charge on any atom is 0.249 e. The van der Waals surface area contributed by atoms with Crippen molar-refractivity contribution in [2.24, 2.45) is 0 Å². The van der Waals surface area contributed by atoms with Crippen molar-refractivity contribution in [1.82, 2.24) is 5.32 Å². The summed E-state index contributed by atoms with van der Waals surface area (Å²) >= 11 is 0. The number of amides is 1. The highest BCUT2D eigenvalue weighted by molar-refractivity contribution is 5.80. The third-order valence-corrected chi connectivity index (χ3v) is 12.6. The highest BCUT2D eigenvalue weighted by Gasteiger charge is 2.44. The molecule has 1 saturated heterocycles. The predicted molar refractivity (Wildman–Crippen MR) is 265 cm³/mol. The van der Waals surface area contributed by atoms with Crippen LogP contribution in [0.2, 0.25) is 0 Å². The van der Waals surface area contributed by atoms with Gasteiger partial charge in [-0.1, -0.05) is 184 Å². The van der Waals surface area contributed by atoms with Gasteiger partial charge >= 0.3 is 0 Å². The van der Waals surface area contributed by atoms with Crippen LogP contribution in [0.15, 0.2) is 48.6 Å². The Kier molecular flexibility index (Phi) is 40.7. The second-order valence-corrected chi connectivity index (χ2v) is 18.6. The van der Waals surface area contributed by atoms with E-state index < -0.39 is 74.2 Å². The number of hydrogen-bond acceptors (Lipinski definition) is 10. The molecule has 0 radical (unpaired) electrons. The lowest BCUT2D eigenvalue weighted by Gasteiger charge is -2.40. The molecule has 0 aromatic heterocycles. The number of carbonyl (C=O) groups is 1. The highest BCUT2D eigenvalue weighted by Crippen LogP contribution is 2.23. The average Bonchev–Trinajstić information content (AvgIpc) is 3.31. The number of ether oxygens (including phenoxy) is 2. The summed E-state index contributed by atoms with van der Waals surface area (Å²) in [7, 11) is 0. The van der Waals surface area contributed by atoms with Crippen LogP contribution in [0.3, 0.4) is 0 Å². The SMILES string of the molecule is CCCC/C=C\CCCCCC(O)C(=O)NC(COC1OC(CO)C(O)C(O)C1O)C(O)C(O)CCC/C=C/CC/C=C/CC/C=C/CCCCCCCCCCCCCCCCCC. The first-order valence-electron chi connectivity index (χ1n) is 26.5. The molecular weight excluding hydrogens is 823 g/mol. The lowest BCUT2D eigenvalue weighted by Crippen LogP contribution is -2.60. The summed E-state index contributed by atoms with van der Waals surface area (Å²) in [5, 5.41) is 75.6. The normalized spacial score (nSPS) is 21.3. The highest BCUT2D eigenvalue weighted by atomic mass is 16.7. The van der Waals surface area contributed by atoms with Crippen molar-refractivity contribution in [3.8, 4) is 0 Å². The van der Waals surface area contributed by atoms with E-state index in [4.69, 9.17) is 9.47 Å². The van der Waals surface area contributed by atoms with Crippen molar-refractivity contribution in [1.29, 1.82) is 0 Å². The van der Waals surface area contributed by atoms with Crippen LogP contribution in [-0.4, -0.2) is 110 Å². The van der Waals surface area contributed by atoms with Gasteiger partial charge in [0.15, 0.2) is 6.29 Å². The summed E-state index contributed by atoms with van der Waals surface area (Å²) in [4.78, 5) is 13.0. The van der Waals surface area contributed by atoms with E-state index in [2.05, 4.69) is 67.8 Å². The number of nitrogens with one attached hydrogen (secondary N) is 1. The Hall–Kier alpha value is -1.93. The topological polar surface area (TPSA) is 189 Å². The van der Waals surface area contributed by atoms with Crippen LogP contribution in [0.1, 0.15) is 219 Å². The van der Waals surface area contributed by atoms with Crippen molar-refractivity contribution in [2.75, 3.05) is 13.2 Å². The third-order valence-electron chi connectivity index (χ3n) is 12.6. The first-order chi connectivity index (χ1) is 31.7. The first-order valence-corrected chi connectivity index (χ1v) is 26.5.